The molecule has 11 heteroatoms. The fourth-order valence-electron chi connectivity index (χ4n) is 4.18. The number of sulfonamides is 2. The highest BCUT2D eigenvalue weighted by molar-refractivity contribution is 7.88. The monoisotopic (exact) mass is 560 g/mol. The van der Waals surface area contributed by atoms with E-state index in [0.717, 1.165) is 17.5 Å². The Morgan fingerprint density at radius 3 is 1.83 bits per heavy atom. The van der Waals surface area contributed by atoms with Crippen LogP contribution < -0.4 is 0 Å². The first-order valence-corrected chi connectivity index (χ1v) is 15.6. The smallest absolute Gasteiger partial charge is 0.211 e. The highest BCUT2D eigenvalue weighted by atomic mass is 35.5. The summed E-state index contributed by atoms with van der Waals surface area (Å²) in [4.78, 5) is 0. The Labute approximate surface area is 218 Å². The average molecular weight is 562 g/mol. The zero-order chi connectivity index (χ0) is 25.8. The van der Waals surface area contributed by atoms with E-state index in [-0.39, 0.29) is 12.5 Å². The predicted octanol–water partition coefficient (Wildman–Crippen LogP) is 3.84. The first-order chi connectivity index (χ1) is 16.3. The van der Waals surface area contributed by atoms with Gasteiger partial charge in [0.15, 0.2) is 0 Å². The normalized spacial score (nSPS) is 22.1. The molecule has 0 spiro atoms. The molecule has 0 amide bonds. The topological polar surface area (TPSA) is 95.0 Å². The fraction of sp³-hybridized carbons (Fsp3) is 0.417. The van der Waals surface area contributed by atoms with E-state index in [0.29, 0.717) is 36.1 Å². The van der Waals surface area contributed by atoms with Crippen molar-refractivity contribution >= 4 is 48.8 Å². The Morgan fingerprint density at radius 1 is 0.829 bits per heavy atom. The summed E-state index contributed by atoms with van der Waals surface area (Å²) < 4.78 is 48.3. The van der Waals surface area contributed by atoms with E-state index in [4.69, 9.17) is 23.2 Å². The van der Waals surface area contributed by atoms with E-state index >= 15 is 0 Å². The molecular weight excluding hydrogens is 531 g/mol. The van der Waals surface area contributed by atoms with E-state index < -0.39 is 26.2 Å². The molecular formula is C24H30Cl2N2O5S2. The zero-order valence-corrected chi connectivity index (χ0v) is 22.8. The lowest BCUT2D eigenvalue weighted by Gasteiger charge is -2.34. The third-order valence-corrected chi connectivity index (χ3v) is 9.21. The average Bonchev–Trinajstić information content (AvgIpc) is 2.80. The van der Waals surface area contributed by atoms with Crippen molar-refractivity contribution in [2.75, 3.05) is 38.7 Å². The molecule has 0 saturated carbocycles. The molecule has 0 radical (unpaired) electrons. The van der Waals surface area contributed by atoms with Crippen molar-refractivity contribution in [1.82, 2.24) is 8.61 Å². The lowest BCUT2D eigenvalue weighted by atomic mass is 9.88. The second-order valence-corrected chi connectivity index (χ2v) is 13.6. The van der Waals surface area contributed by atoms with Crippen molar-refractivity contribution < 1.29 is 21.9 Å². The van der Waals surface area contributed by atoms with Crippen LogP contribution in [-0.2, 0) is 20.0 Å². The number of aliphatic hydroxyl groups is 1. The quantitative estimate of drug-likeness (QED) is 0.613. The molecule has 7 nitrogen and oxygen atoms in total. The minimum absolute atomic E-state index is 0.0275. The number of hydrogen-bond acceptors (Lipinski definition) is 5. The van der Waals surface area contributed by atoms with Crippen LogP contribution in [0.5, 0.6) is 0 Å². The first-order valence-electron chi connectivity index (χ1n) is 11.1. The molecule has 192 valence electrons. The summed E-state index contributed by atoms with van der Waals surface area (Å²) >= 11 is 11.6. The summed E-state index contributed by atoms with van der Waals surface area (Å²) in [6.45, 7) is 1.61. The Morgan fingerprint density at radius 2 is 1.37 bits per heavy atom. The van der Waals surface area contributed by atoms with Gasteiger partial charge >= 0.3 is 0 Å². The van der Waals surface area contributed by atoms with Crippen molar-refractivity contribution in [3.05, 3.63) is 75.8 Å². The standard InChI is InChI=1S/C12H16ClNO3S.C12H14ClNO2S/c1-18(16,17)14-7-6-11(12(15)8-14)9-2-4-10(13)5-3-9;1-17(15,16)14-8-6-11(7-9-14)10-2-4-12(13)5-3-10/h2-5,11-12,15H,6-8H2,1H3;2-6H,7-9H2,1H3. The number of aliphatic hydroxyl groups excluding tert-OH is 1. The van der Waals surface area contributed by atoms with Gasteiger partial charge in [-0.2, -0.15) is 8.61 Å². The number of halogens is 2. The van der Waals surface area contributed by atoms with Crippen LogP contribution in [0.1, 0.15) is 29.9 Å². The predicted molar refractivity (Wildman–Crippen MR) is 142 cm³/mol. The maximum atomic E-state index is 11.4. The maximum Gasteiger partial charge on any atom is 0.211 e. The van der Waals surface area contributed by atoms with Crippen molar-refractivity contribution in [2.45, 2.75) is 24.9 Å². The molecule has 4 rings (SSSR count). The van der Waals surface area contributed by atoms with Crippen molar-refractivity contribution in [3.8, 4) is 0 Å². The van der Waals surface area contributed by atoms with Crippen LogP contribution in [0.4, 0.5) is 0 Å². The van der Waals surface area contributed by atoms with E-state index in [1.807, 2.05) is 42.5 Å². The van der Waals surface area contributed by atoms with Crippen LogP contribution >= 0.6 is 23.2 Å². The number of β-amino-alcohol motifs (C(OH)–C–C–N with tert-alkyl or cyclic N) is 1. The number of piperidine rings is 1. The summed E-state index contributed by atoms with van der Waals surface area (Å²) in [5.41, 5.74) is 3.30. The molecule has 0 aliphatic carbocycles. The summed E-state index contributed by atoms with van der Waals surface area (Å²) in [7, 11) is -6.29. The van der Waals surface area contributed by atoms with Gasteiger partial charge in [0.25, 0.3) is 0 Å². The van der Waals surface area contributed by atoms with Crippen LogP contribution in [0, 0.1) is 0 Å². The number of rotatable bonds is 4. The molecule has 1 saturated heterocycles. The second-order valence-electron chi connectivity index (χ2n) is 8.74. The third kappa shape index (κ3) is 8.01. The Kier molecular flexibility index (Phi) is 9.42. The minimum Gasteiger partial charge on any atom is -0.391 e. The maximum absolute atomic E-state index is 11.4. The molecule has 1 fully saturated rings. The highest BCUT2D eigenvalue weighted by Crippen LogP contribution is 2.30. The van der Waals surface area contributed by atoms with Gasteiger partial charge in [-0.25, -0.2) is 16.8 Å². The molecule has 2 heterocycles. The van der Waals surface area contributed by atoms with Crippen LogP contribution in [0.3, 0.4) is 0 Å². The largest absolute Gasteiger partial charge is 0.391 e. The SMILES string of the molecule is CS(=O)(=O)N1CC=C(c2ccc(Cl)cc2)CC1.CS(=O)(=O)N1CCC(c2ccc(Cl)cc2)C(O)C1. The second kappa shape index (κ2) is 11.7. The minimum atomic E-state index is -3.22. The van der Waals surface area contributed by atoms with Crippen LogP contribution in [0.15, 0.2) is 54.6 Å². The number of benzene rings is 2. The molecule has 0 bridgehead atoms. The summed E-state index contributed by atoms with van der Waals surface area (Å²) in [5.74, 6) is -0.0275. The summed E-state index contributed by atoms with van der Waals surface area (Å²) in [6.07, 6.45) is 5.07. The lowest BCUT2D eigenvalue weighted by Crippen LogP contribution is -2.45. The van der Waals surface area contributed by atoms with Crippen LogP contribution in [0.25, 0.3) is 5.57 Å². The highest BCUT2D eigenvalue weighted by Gasteiger charge is 2.32. The van der Waals surface area contributed by atoms with Crippen molar-refractivity contribution in [1.29, 1.82) is 0 Å². The van der Waals surface area contributed by atoms with Crippen LogP contribution in [0.2, 0.25) is 10.0 Å². The fourth-order valence-corrected chi connectivity index (χ4v) is 6.06. The molecule has 2 aromatic rings. The Bertz CT molecular complexity index is 1250. The molecule has 2 unspecified atom stereocenters. The van der Waals surface area contributed by atoms with Gasteiger partial charge in [0.05, 0.1) is 18.6 Å². The Balaban J connectivity index is 0.000000196. The molecule has 2 aromatic carbocycles. The number of nitrogens with zero attached hydrogens (tertiary/aromatic N) is 2. The van der Waals surface area contributed by atoms with Crippen LogP contribution in [-0.4, -0.2) is 75.3 Å². The molecule has 2 atom stereocenters. The van der Waals surface area contributed by atoms with E-state index in [1.165, 1.54) is 26.7 Å². The van der Waals surface area contributed by atoms with Gasteiger partial charge < -0.3 is 5.11 Å². The summed E-state index contributed by atoms with van der Waals surface area (Å²) in [5, 5.41) is 11.5. The van der Waals surface area contributed by atoms with Gasteiger partial charge in [-0.1, -0.05) is 53.5 Å². The first kappa shape index (κ1) is 28.1. The number of hydrogen-bond donors (Lipinski definition) is 1. The molecule has 2 aliphatic heterocycles. The van der Waals surface area contributed by atoms with Gasteiger partial charge in [0.2, 0.25) is 20.0 Å². The van der Waals surface area contributed by atoms with Gasteiger partial charge in [0, 0.05) is 42.1 Å². The molecule has 0 aromatic heterocycles. The Hall–Kier alpha value is -1.46. The van der Waals surface area contributed by atoms with Gasteiger partial charge in [-0.05, 0) is 53.8 Å². The van der Waals surface area contributed by atoms with E-state index in [1.54, 1.807) is 12.1 Å². The van der Waals surface area contributed by atoms with Crippen molar-refractivity contribution in [2.24, 2.45) is 0 Å². The van der Waals surface area contributed by atoms with Crippen molar-refractivity contribution in [3.63, 3.8) is 0 Å². The van der Waals surface area contributed by atoms with Gasteiger partial charge in [0.1, 0.15) is 0 Å². The lowest BCUT2D eigenvalue weighted by molar-refractivity contribution is 0.0857. The van der Waals surface area contributed by atoms with Gasteiger partial charge in [-0.3, -0.25) is 0 Å². The molecule has 1 N–H and O–H groups in total. The van der Waals surface area contributed by atoms with E-state index in [9.17, 15) is 21.9 Å². The van der Waals surface area contributed by atoms with Gasteiger partial charge in [-0.15, -0.1) is 0 Å². The van der Waals surface area contributed by atoms with E-state index in [2.05, 4.69) is 0 Å². The summed E-state index contributed by atoms with van der Waals surface area (Å²) in [6, 6.07) is 15.0. The zero-order valence-electron chi connectivity index (χ0n) is 19.6. The molecule has 35 heavy (non-hydrogen) atoms. The molecule has 2 aliphatic rings. The third-order valence-electron chi connectivity index (χ3n) is 6.17.